The molecule has 0 bridgehead atoms. The lowest BCUT2D eigenvalue weighted by Gasteiger charge is -2.31. The van der Waals surface area contributed by atoms with Crippen molar-refractivity contribution in [3.05, 3.63) is 0 Å². The molecule has 0 saturated carbocycles. The summed E-state index contributed by atoms with van der Waals surface area (Å²) in [5.74, 6) is -0.0952. The normalized spacial score (nSPS) is 23.4. The molecule has 1 atom stereocenters. The number of amides is 2. The molecule has 1 aliphatic heterocycles. The zero-order valence-corrected chi connectivity index (χ0v) is 7.17. The van der Waals surface area contributed by atoms with Gasteiger partial charge in [-0.3, -0.25) is 9.59 Å². The maximum Gasteiger partial charge on any atom is 0.313 e. The van der Waals surface area contributed by atoms with Crippen molar-refractivity contribution in [1.29, 1.82) is 0 Å². The summed E-state index contributed by atoms with van der Waals surface area (Å²) < 4.78 is 0. The van der Waals surface area contributed by atoms with Crippen LogP contribution in [0.1, 0.15) is 26.2 Å². The van der Waals surface area contributed by atoms with E-state index in [1.165, 1.54) is 11.8 Å². The number of rotatable bonds is 2. The Balaban J connectivity index is 2.46. The molecule has 4 heteroatoms. The molecule has 1 saturated heterocycles. The average Bonchev–Trinajstić information content (AvgIpc) is 2.04. The Morgan fingerprint density at radius 3 is 2.92 bits per heavy atom. The van der Waals surface area contributed by atoms with E-state index in [0.717, 1.165) is 19.3 Å². The van der Waals surface area contributed by atoms with Crippen LogP contribution in [0.3, 0.4) is 0 Å². The minimum absolute atomic E-state index is 0.0952. The topological polar surface area (TPSA) is 49.4 Å². The van der Waals surface area contributed by atoms with Gasteiger partial charge >= 0.3 is 6.41 Å². The van der Waals surface area contributed by atoms with E-state index in [2.05, 4.69) is 5.32 Å². The van der Waals surface area contributed by atoms with Crippen molar-refractivity contribution in [3.8, 4) is 0 Å². The van der Waals surface area contributed by atoms with Gasteiger partial charge < -0.3 is 10.2 Å². The quantitative estimate of drug-likeness (QED) is 0.632. The molecule has 0 spiro atoms. The standard InChI is InChI=1S/C8H13N2O2/c1-7(12)9-8-4-2-3-5-10(8)6-11/h8H,2-5H2,1H3,(H,9,12). The summed E-state index contributed by atoms with van der Waals surface area (Å²) >= 11 is 0. The number of hydrogen-bond donors (Lipinski definition) is 1. The van der Waals surface area contributed by atoms with E-state index in [1.54, 1.807) is 0 Å². The molecule has 1 heterocycles. The molecule has 2 amide bonds. The highest BCUT2D eigenvalue weighted by Crippen LogP contribution is 2.12. The lowest BCUT2D eigenvalue weighted by molar-refractivity contribution is -0.120. The van der Waals surface area contributed by atoms with Crippen molar-refractivity contribution in [2.75, 3.05) is 6.54 Å². The molecule has 1 radical (unpaired) electrons. The Bertz CT molecular complexity index is 182. The molecule has 0 aliphatic carbocycles. The van der Waals surface area contributed by atoms with E-state index >= 15 is 0 Å². The predicted octanol–water partition coefficient (Wildman–Crippen LogP) is 0.00170. The molecule has 67 valence electrons. The second-order valence-electron chi connectivity index (χ2n) is 3.00. The molecule has 1 fully saturated rings. The smallest absolute Gasteiger partial charge is 0.313 e. The highest BCUT2D eigenvalue weighted by atomic mass is 16.2. The van der Waals surface area contributed by atoms with Crippen molar-refractivity contribution in [3.63, 3.8) is 0 Å². The fraction of sp³-hybridized carbons (Fsp3) is 0.750. The van der Waals surface area contributed by atoms with Crippen LogP contribution >= 0.6 is 0 Å². The van der Waals surface area contributed by atoms with Crippen LogP contribution in [0.2, 0.25) is 0 Å². The van der Waals surface area contributed by atoms with Gasteiger partial charge in [0.1, 0.15) is 6.17 Å². The van der Waals surface area contributed by atoms with Crippen LogP contribution in [0.4, 0.5) is 0 Å². The van der Waals surface area contributed by atoms with Gasteiger partial charge in [-0.25, -0.2) is 0 Å². The minimum Gasteiger partial charge on any atom is -0.336 e. The van der Waals surface area contributed by atoms with Gasteiger partial charge in [0.05, 0.1) is 0 Å². The van der Waals surface area contributed by atoms with Crippen molar-refractivity contribution >= 4 is 12.3 Å². The first kappa shape index (κ1) is 9.03. The van der Waals surface area contributed by atoms with Gasteiger partial charge in [0.15, 0.2) is 0 Å². The summed E-state index contributed by atoms with van der Waals surface area (Å²) in [6.45, 7) is 2.16. The Hall–Kier alpha value is -1.06. The SMILES string of the molecule is CC(=O)NC1CCCCN1[C]=O. The monoisotopic (exact) mass is 169 g/mol. The number of hydrogen-bond acceptors (Lipinski definition) is 2. The van der Waals surface area contributed by atoms with Crippen LogP contribution in [0.15, 0.2) is 0 Å². The first-order valence-electron chi connectivity index (χ1n) is 4.15. The predicted molar refractivity (Wildman–Crippen MR) is 43.9 cm³/mol. The maximum atomic E-state index is 10.7. The van der Waals surface area contributed by atoms with Gasteiger partial charge in [0, 0.05) is 13.5 Å². The van der Waals surface area contributed by atoms with E-state index in [0.29, 0.717) is 6.54 Å². The van der Waals surface area contributed by atoms with E-state index in [4.69, 9.17) is 0 Å². The number of nitrogens with one attached hydrogen (secondary N) is 1. The molecular weight excluding hydrogens is 156 g/mol. The molecule has 0 aromatic rings. The van der Waals surface area contributed by atoms with Crippen LogP contribution in [0.5, 0.6) is 0 Å². The molecule has 1 unspecified atom stereocenters. The van der Waals surface area contributed by atoms with E-state index in [1.807, 2.05) is 6.41 Å². The summed E-state index contributed by atoms with van der Waals surface area (Å²) in [4.78, 5) is 22.6. The molecule has 0 aromatic heterocycles. The highest BCUT2D eigenvalue weighted by molar-refractivity contribution is 5.73. The van der Waals surface area contributed by atoms with Gasteiger partial charge in [0.25, 0.3) is 0 Å². The van der Waals surface area contributed by atoms with Gasteiger partial charge in [0.2, 0.25) is 5.91 Å². The lowest BCUT2D eigenvalue weighted by Crippen LogP contribution is -2.49. The van der Waals surface area contributed by atoms with Crippen LogP contribution in [-0.4, -0.2) is 29.9 Å². The van der Waals surface area contributed by atoms with Crippen molar-refractivity contribution < 1.29 is 9.59 Å². The maximum absolute atomic E-state index is 10.7. The number of piperidine rings is 1. The second-order valence-corrected chi connectivity index (χ2v) is 3.00. The summed E-state index contributed by atoms with van der Waals surface area (Å²) in [6.07, 6.45) is 4.60. The summed E-state index contributed by atoms with van der Waals surface area (Å²) in [5.41, 5.74) is 0. The molecule has 1 N–H and O–H groups in total. The molecule has 4 nitrogen and oxygen atoms in total. The third-order valence-corrected chi connectivity index (χ3v) is 1.99. The number of carbonyl (C=O) groups is 1. The zero-order valence-electron chi connectivity index (χ0n) is 7.17. The molecule has 0 aromatic carbocycles. The Morgan fingerprint density at radius 2 is 2.33 bits per heavy atom. The molecule has 1 aliphatic rings. The van der Waals surface area contributed by atoms with Gasteiger partial charge in [-0.15, -0.1) is 0 Å². The first-order chi connectivity index (χ1) is 5.74. The van der Waals surface area contributed by atoms with Crippen molar-refractivity contribution in [2.24, 2.45) is 0 Å². The number of likely N-dealkylation sites (tertiary alicyclic amines) is 1. The highest BCUT2D eigenvalue weighted by Gasteiger charge is 2.21. The van der Waals surface area contributed by atoms with Crippen molar-refractivity contribution in [1.82, 2.24) is 10.2 Å². The third-order valence-electron chi connectivity index (χ3n) is 1.99. The summed E-state index contributed by atoms with van der Waals surface area (Å²) in [7, 11) is 0. The average molecular weight is 169 g/mol. The summed E-state index contributed by atoms with van der Waals surface area (Å²) in [6, 6.07) is 0. The van der Waals surface area contributed by atoms with E-state index in [9.17, 15) is 9.59 Å². The fourth-order valence-corrected chi connectivity index (χ4v) is 1.43. The van der Waals surface area contributed by atoms with Crippen molar-refractivity contribution in [2.45, 2.75) is 32.4 Å². The fourth-order valence-electron chi connectivity index (χ4n) is 1.43. The second kappa shape index (κ2) is 4.09. The minimum atomic E-state index is -0.131. The third kappa shape index (κ3) is 2.22. The van der Waals surface area contributed by atoms with Gasteiger partial charge in [-0.2, -0.15) is 0 Å². The number of carbonyl (C=O) groups excluding carboxylic acids is 2. The number of nitrogens with zero attached hydrogens (tertiary/aromatic N) is 1. The van der Waals surface area contributed by atoms with E-state index in [-0.39, 0.29) is 12.1 Å². The zero-order chi connectivity index (χ0) is 8.97. The largest absolute Gasteiger partial charge is 0.336 e. The van der Waals surface area contributed by atoms with Gasteiger partial charge in [-0.1, -0.05) is 0 Å². The Kier molecular flexibility index (Phi) is 3.08. The lowest BCUT2D eigenvalue weighted by atomic mass is 10.1. The van der Waals surface area contributed by atoms with Crippen LogP contribution in [0.25, 0.3) is 0 Å². The summed E-state index contributed by atoms with van der Waals surface area (Å²) in [5, 5.41) is 2.71. The first-order valence-corrected chi connectivity index (χ1v) is 4.15. The Morgan fingerprint density at radius 1 is 1.58 bits per heavy atom. The van der Waals surface area contributed by atoms with Crippen LogP contribution < -0.4 is 5.32 Å². The molecular formula is C8H13N2O2. The van der Waals surface area contributed by atoms with E-state index < -0.39 is 0 Å². The molecule has 1 rings (SSSR count). The van der Waals surface area contributed by atoms with Crippen LogP contribution in [-0.2, 0) is 9.59 Å². The van der Waals surface area contributed by atoms with Crippen LogP contribution in [0, 0.1) is 0 Å². The van der Waals surface area contributed by atoms with Gasteiger partial charge in [-0.05, 0) is 19.3 Å². The molecule has 12 heavy (non-hydrogen) atoms. The Labute approximate surface area is 71.9 Å².